The molecule has 1 saturated heterocycles. The summed E-state index contributed by atoms with van der Waals surface area (Å²) in [5.41, 5.74) is 6.12. The third-order valence-corrected chi connectivity index (χ3v) is 3.20. The zero-order valence-corrected chi connectivity index (χ0v) is 9.81. The molecule has 5 heteroatoms. The second-order valence-electron chi connectivity index (χ2n) is 4.42. The number of amides is 1. The lowest BCUT2D eigenvalue weighted by atomic mass is 10.0. The summed E-state index contributed by atoms with van der Waals surface area (Å²) in [5.74, 6) is 0.521. The quantitative estimate of drug-likeness (QED) is 0.771. The van der Waals surface area contributed by atoms with Crippen LogP contribution in [0.5, 0.6) is 0 Å². The van der Waals surface area contributed by atoms with Crippen LogP contribution in [0.3, 0.4) is 0 Å². The molecule has 2 N–H and O–H groups in total. The minimum atomic E-state index is -0.000463. The van der Waals surface area contributed by atoms with Gasteiger partial charge in [0.25, 0.3) is 5.91 Å². The number of hydrogen-bond acceptors (Lipinski definition) is 3. The fourth-order valence-corrected chi connectivity index (χ4v) is 2.13. The van der Waals surface area contributed by atoms with Crippen molar-refractivity contribution in [3.8, 4) is 0 Å². The van der Waals surface area contributed by atoms with E-state index in [-0.39, 0.29) is 5.91 Å². The number of anilines is 1. The van der Waals surface area contributed by atoms with Gasteiger partial charge in [0.2, 0.25) is 0 Å². The number of piperidine rings is 1. The first-order valence-electron chi connectivity index (χ1n) is 5.70. The minimum absolute atomic E-state index is 0.000463. The van der Waals surface area contributed by atoms with Gasteiger partial charge in [-0.15, -0.1) is 0 Å². The number of hydrogen-bond donors (Lipinski definition) is 1. The Bertz CT molecular complexity index is 379. The highest BCUT2D eigenvalue weighted by Crippen LogP contribution is 2.19. The van der Waals surface area contributed by atoms with Crippen molar-refractivity contribution < 1.29 is 4.79 Å². The first-order valence-corrected chi connectivity index (χ1v) is 5.70. The van der Waals surface area contributed by atoms with Crippen LogP contribution in [0.25, 0.3) is 0 Å². The predicted octanol–water partition coefficient (Wildman–Crippen LogP) is 1.02. The molecule has 16 heavy (non-hydrogen) atoms. The Hall–Kier alpha value is -1.52. The molecule has 0 saturated carbocycles. The molecule has 1 amide bonds. The van der Waals surface area contributed by atoms with Gasteiger partial charge in [0.1, 0.15) is 5.82 Å². The fourth-order valence-electron chi connectivity index (χ4n) is 2.13. The number of aryl methyl sites for hydroxylation is 1. The van der Waals surface area contributed by atoms with Crippen LogP contribution in [0.1, 0.15) is 36.7 Å². The van der Waals surface area contributed by atoms with Crippen molar-refractivity contribution in [3.05, 3.63) is 11.8 Å². The molecular weight excluding hydrogens is 204 g/mol. The monoisotopic (exact) mass is 222 g/mol. The van der Waals surface area contributed by atoms with Gasteiger partial charge >= 0.3 is 0 Å². The van der Waals surface area contributed by atoms with Crippen LogP contribution in [0, 0.1) is 0 Å². The zero-order chi connectivity index (χ0) is 11.7. The molecule has 1 aliphatic rings. The number of carbonyl (C=O) groups excluding carboxylic acids is 1. The van der Waals surface area contributed by atoms with E-state index in [4.69, 9.17) is 5.73 Å². The van der Waals surface area contributed by atoms with E-state index in [1.54, 1.807) is 13.1 Å². The Morgan fingerprint density at radius 1 is 1.56 bits per heavy atom. The SMILES string of the molecule is C[C@@H]1CCCCN1C(=O)c1cc(N)n(C)n1. The topological polar surface area (TPSA) is 64.2 Å². The van der Waals surface area contributed by atoms with Crippen molar-refractivity contribution in [2.45, 2.75) is 32.2 Å². The molecule has 0 spiro atoms. The van der Waals surface area contributed by atoms with Crippen LogP contribution >= 0.6 is 0 Å². The summed E-state index contributed by atoms with van der Waals surface area (Å²) >= 11 is 0. The molecule has 0 bridgehead atoms. The second-order valence-corrected chi connectivity index (χ2v) is 4.42. The lowest BCUT2D eigenvalue weighted by molar-refractivity contribution is 0.0628. The smallest absolute Gasteiger partial charge is 0.274 e. The zero-order valence-electron chi connectivity index (χ0n) is 9.81. The first-order chi connectivity index (χ1) is 7.59. The third-order valence-electron chi connectivity index (χ3n) is 3.20. The van der Waals surface area contributed by atoms with Crippen molar-refractivity contribution in [3.63, 3.8) is 0 Å². The van der Waals surface area contributed by atoms with E-state index in [0.29, 0.717) is 17.6 Å². The fraction of sp³-hybridized carbons (Fsp3) is 0.636. The van der Waals surface area contributed by atoms with Gasteiger partial charge in [-0.25, -0.2) is 0 Å². The van der Waals surface area contributed by atoms with Gasteiger partial charge in [-0.05, 0) is 26.2 Å². The standard InChI is InChI=1S/C11H18N4O/c1-8-5-3-4-6-15(8)11(16)9-7-10(12)14(2)13-9/h7-8H,3-6,12H2,1-2H3/t8-/m1/s1. The van der Waals surface area contributed by atoms with E-state index in [1.165, 1.54) is 11.1 Å². The van der Waals surface area contributed by atoms with Crippen LogP contribution in [-0.2, 0) is 7.05 Å². The highest BCUT2D eigenvalue weighted by Gasteiger charge is 2.25. The van der Waals surface area contributed by atoms with Gasteiger partial charge in [0.15, 0.2) is 5.69 Å². The van der Waals surface area contributed by atoms with Gasteiger partial charge in [-0.2, -0.15) is 5.10 Å². The molecule has 2 heterocycles. The van der Waals surface area contributed by atoms with Crippen LogP contribution in [0.2, 0.25) is 0 Å². The Balaban J connectivity index is 2.17. The highest BCUT2D eigenvalue weighted by atomic mass is 16.2. The van der Waals surface area contributed by atoms with Gasteiger partial charge in [0.05, 0.1) is 0 Å². The van der Waals surface area contributed by atoms with Crippen LogP contribution < -0.4 is 5.73 Å². The molecule has 0 aliphatic carbocycles. The first kappa shape index (κ1) is 11.0. The van der Waals surface area contributed by atoms with E-state index < -0.39 is 0 Å². The summed E-state index contributed by atoms with van der Waals surface area (Å²) in [6, 6.07) is 1.95. The maximum absolute atomic E-state index is 12.2. The van der Waals surface area contributed by atoms with E-state index in [2.05, 4.69) is 12.0 Å². The number of nitrogens with two attached hydrogens (primary N) is 1. The van der Waals surface area contributed by atoms with Crippen LogP contribution in [-0.4, -0.2) is 33.2 Å². The molecule has 1 fully saturated rings. The van der Waals surface area contributed by atoms with Gasteiger partial charge < -0.3 is 10.6 Å². The Labute approximate surface area is 95.2 Å². The Morgan fingerprint density at radius 2 is 2.31 bits per heavy atom. The summed E-state index contributed by atoms with van der Waals surface area (Å²) in [6.45, 7) is 2.92. The minimum Gasteiger partial charge on any atom is -0.384 e. The van der Waals surface area contributed by atoms with Gasteiger partial charge in [0, 0.05) is 25.7 Å². The van der Waals surface area contributed by atoms with E-state index in [9.17, 15) is 4.79 Å². The second kappa shape index (κ2) is 4.15. The van der Waals surface area contributed by atoms with Crippen molar-refractivity contribution in [1.29, 1.82) is 0 Å². The number of rotatable bonds is 1. The van der Waals surface area contributed by atoms with Crippen LogP contribution in [0.15, 0.2) is 6.07 Å². The molecule has 88 valence electrons. The van der Waals surface area contributed by atoms with Crippen molar-refractivity contribution >= 4 is 11.7 Å². The summed E-state index contributed by atoms with van der Waals surface area (Å²) < 4.78 is 1.53. The van der Waals surface area contributed by atoms with Gasteiger partial charge in [-0.3, -0.25) is 9.48 Å². The predicted molar refractivity (Wildman–Crippen MR) is 62.0 cm³/mol. The average Bonchev–Trinajstić information content (AvgIpc) is 2.59. The molecule has 0 radical (unpaired) electrons. The number of carbonyl (C=O) groups is 1. The number of nitrogens with zero attached hydrogens (tertiary/aromatic N) is 3. The van der Waals surface area contributed by atoms with Gasteiger partial charge in [-0.1, -0.05) is 0 Å². The molecule has 0 unspecified atom stereocenters. The largest absolute Gasteiger partial charge is 0.384 e. The Morgan fingerprint density at radius 3 is 2.88 bits per heavy atom. The molecule has 5 nitrogen and oxygen atoms in total. The molecule has 1 aromatic rings. The van der Waals surface area contributed by atoms with Crippen molar-refractivity contribution in [2.75, 3.05) is 12.3 Å². The van der Waals surface area contributed by atoms with E-state index in [1.807, 2.05) is 4.90 Å². The van der Waals surface area contributed by atoms with Crippen molar-refractivity contribution in [2.24, 2.45) is 7.05 Å². The summed E-state index contributed by atoms with van der Waals surface area (Å²) in [5, 5.41) is 4.12. The normalized spacial score (nSPS) is 21.1. The summed E-state index contributed by atoms with van der Waals surface area (Å²) in [6.07, 6.45) is 3.36. The number of likely N-dealkylation sites (tertiary alicyclic amines) is 1. The lowest BCUT2D eigenvalue weighted by Gasteiger charge is -2.32. The van der Waals surface area contributed by atoms with E-state index >= 15 is 0 Å². The number of aromatic nitrogens is 2. The van der Waals surface area contributed by atoms with Crippen molar-refractivity contribution in [1.82, 2.24) is 14.7 Å². The maximum Gasteiger partial charge on any atom is 0.274 e. The molecule has 1 atom stereocenters. The summed E-state index contributed by atoms with van der Waals surface area (Å²) in [4.78, 5) is 14.1. The molecule has 2 rings (SSSR count). The summed E-state index contributed by atoms with van der Waals surface area (Å²) in [7, 11) is 1.74. The average molecular weight is 222 g/mol. The maximum atomic E-state index is 12.2. The molecular formula is C11H18N4O. The number of nitrogen functional groups attached to an aromatic ring is 1. The van der Waals surface area contributed by atoms with Crippen LogP contribution in [0.4, 0.5) is 5.82 Å². The highest BCUT2D eigenvalue weighted by molar-refractivity contribution is 5.93. The third kappa shape index (κ3) is 1.89. The molecule has 1 aromatic heterocycles. The Kier molecular flexibility index (Phi) is 2.85. The molecule has 1 aliphatic heterocycles. The lowest BCUT2D eigenvalue weighted by Crippen LogP contribution is -2.42. The molecule has 0 aromatic carbocycles. The van der Waals surface area contributed by atoms with E-state index in [0.717, 1.165) is 19.4 Å².